The number of carbonyl (C=O) groups is 4. The number of hydrogen-bond acceptors (Lipinski definition) is 6. The first-order valence-corrected chi connectivity index (χ1v) is 7.83. The van der Waals surface area contributed by atoms with Crippen molar-refractivity contribution in [3.05, 3.63) is 11.1 Å². The molecule has 2 rings (SSSR count). The van der Waals surface area contributed by atoms with Crippen LogP contribution in [0.3, 0.4) is 0 Å². The Morgan fingerprint density at radius 2 is 2.09 bits per heavy atom. The molecule has 0 aliphatic carbocycles. The van der Waals surface area contributed by atoms with Gasteiger partial charge < -0.3 is 16.0 Å². The molecule has 1 aliphatic heterocycles. The summed E-state index contributed by atoms with van der Waals surface area (Å²) in [6, 6.07) is -0.986. The second-order valence-corrected chi connectivity index (χ2v) is 5.96. The molecule has 0 spiro atoms. The highest BCUT2D eigenvalue weighted by Gasteiger charge is 2.34. The molecule has 0 saturated carbocycles. The number of hydrogen-bond donors (Lipinski definition) is 4. The summed E-state index contributed by atoms with van der Waals surface area (Å²) in [4.78, 5) is 50.3. The Balaban J connectivity index is 1.91. The summed E-state index contributed by atoms with van der Waals surface area (Å²) < 4.78 is 0. The molecule has 2 heterocycles. The molecule has 0 aromatic carbocycles. The number of urea groups is 1. The average Bonchev–Trinajstić information content (AvgIpc) is 2.89. The molecule has 9 nitrogen and oxygen atoms in total. The van der Waals surface area contributed by atoms with E-state index in [1.165, 1.54) is 18.4 Å². The van der Waals surface area contributed by atoms with Crippen LogP contribution in [0.4, 0.5) is 9.93 Å². The summed E-state index contributed by atoms with van der Waals surface area (Å²) in [5.41, 5.74) is 0.556. The molecular weight excluding hydrogens is 322 g/mol. The van der Waals surface area contributed by atoms with Gasteiger partial charge in [0.2, 0.25) is 17.7 Å². The Kier molecular flexibility index (Phi) is 5.27. The van der Waals surface area contributed by atoms with Gasteiger partial charge in [-0.15, -0.1) is 11.3 Å². The summed E-state index contributed by atoms with van der Waals surface area (Å²) in [5, 5.41) is 11.8. The van der Waals surface area contributed by atoms with Gasteiger partial charge in [-0.3, -0.25) is 19.7 Å². The third-order valence-corrected chi connectivity index (χ3v) is 4.17. The number of aromatic nitrogens is 1. The molecule has 5 amide bonds. The molecule has 1 aliphatic rings. The van der Waals surface area contributed by atoms with Crippen molar-refractivity contribution in [3.8, 4) is 0 Å². The summed E-state index contributed by atoms with van der Waals surface area (Å²) in [6.07, 6.45) is 0.0641. The predicted octanol–water partition coefficient (Wildman–Crippen LogP) is -0.396. The lowest BCUT2D eigenvalue weighted by atomic mass is 9.94. The van der Waals surface area contributed by atoms with E-state index in [0.29, 0.717) is 10.8 Å². The van der Waals surface area contributed by atoms with Crippen LogP contribution >= 0.6 is 11.3 Å². The highest BCUT2D eigenvalue weighted by molar-refractivity contribution is 7.13. The number of amides is 5. The van der Waals surface area contributed by atoms with E-state index in [1.54, 1.807) is 12.3 Å². The Morgan fingerprint density at radius 3 is 2.74 bits per heavy atom. The first-order valence-electron chi connectivity index (χ1n) is 6.95. The highest BCUT2D eigenvalue weighted by atomic mass is 32.1. The molecule has 10 heteroatoms. The molecule has 2 atom stereocenters. The van der Waals surface area contributed by atoms with Gasteiger partial charge in [0.15, 0.2) is 5.13 Å². The molecule has 1 saturated heterocycles. The van der Waals surface area contributed by atoms with Crippen molar-refractivity contribution in [1.82, 2.24) is 20.9 Å². The van der Waals surface area contributed by atoms with Crippen LogP contribution in [-0.4, -0.2) is 41.8 Å². The average molecular weight is 339 g/mol. The first kappa shape index (κ1) is 16.9. The van der Waals surface area contributed by atoms with E-state index in [0.717, 1.165) is 0 Å². The molecule has 2 unspecified atom stereocenters. The molecule has 4 N–H and O–H groups in total. The second-order valence-electron chi connectivity index (χ2n) is 5.10. The second kappa shape index (κ2) is 7.18. The van der Waals surface area contributed by atoms with Gasteiger partial charge in [-0.1, -0.05) is 0 Å². The quantitative estimate of drug-likeness (QED) is 0.580. The van der Waals surface area contributed by atoms with Crippen LogP contribution in [0.5, 0.6) is 0 Å². The van der Waals surface area contributed by atoms with Crippen molar-refractivity contribution in [2.24, 2.45) is 5.92 Å². The van der Waals surface area contributed by atoms with Gasteiger partial charge in [-0.25, -0.2) is 9.78 Å². The molecule has 1 aromatic heterocycles. The zero-order chi connectivity index (χ0) is 17.0. The minimum absolute atomic E-state index is 0.0718. The minimum atomic E-state index is -0.641. The van der Waals surface area contributed by atoms with E-state index < -0.39 is 23.9 Å². The van der Waals surface area contributed by atoms with Gasteiger partial charge in [0, 0.05) is 24.9 Å². The maximum Gasteiger partial charge on any atom is 0.321 e. The van der Waals surface area contributed by atoms with E-state index in [-0.39, 0.29) is 24.7 Å². The van der Waals surface area contributed by atoms with Gasteiger partial charge in [-0.05, 0) is 6.92 Å². The SMILES string of the molecule is CNC(=O)Cc1csc(NC(=O)CC2C(=O)NC(=O)NC2C)n1. The Bertz CT molecular complexity index is 644. The number of nitrogens with one attached hydrogen (secondary N) is 4. The third-order valence-electron chi connectivity index (χ3n) is 3.36. The van der Waals surface area contributed by atoms with E-state index in [2.05, 4.69) is 26.3 Å². The van der Waals surface area contributed by atoms with Gasteiger partial charge in [0.05, 0.1) is 18.0 Å². The van der Waals surface area contributed by atoms with Crippen molar-refractivity contribution in [2.75, 3.05) is 12.4 Å². The molecule has 0 bridgehead atoms. The van der Waals surface area contributed by atoms with E-state index in [4.69, 9.17) is 0 Å². The number of carbonyl (C=O) groups excluding carboxylic acids is 4. The van der Waals surface area contributed by atoms with Gasteiger partial charge in [-0.2, -0.15) is 0 Å². The molecule has 1 fully saturated rings. The first-order chi connectivity index (χ1) is 10.9. The number of likely N-dealkylation sites (N-methyl/N-ethyl adjacent to an activating group) is 1. The van der Waals surface area contributed by atoms with Crippen LogP contribution in [0, 0.1) is 5.92 Å². The van der Waals surface area contributed by atoms with E-state index in [9.17, 15) is 19.2 Å². The number of thiazole rings is 1. The minimum Gasteiger partial charge on any atom is -0.359 e. The van der Waals surface area contributed by atoms with Crippen LogP contribution in [-0.2, 0) is 20.8 Å². The Hall–Kier alpha value is -2.49. The van der Waals surface area contributed by atoms with Crippen molar-refractivity contribution in [1.29, 1.82) is 0 Å². The van der Waals surface area contributed by atoms with Crippen LogP contribution < -0.4 is 21.3 Å². The maximum atomic E-state index is 12.0. The standard InChI is InChI=1S/C13H17N5O4S/c1-6-8(11(21)18-12(22)15-6)4-10(20)17-13-16-7(5-23-13)3-9(19)14-2/h5-6,8H,3-4H2,1-2H3,(H,14,19)(H,16,17,20)(H2,15,18,21,22). The lowest BCUT2D eigenvalue weighted by Crippen LogP contribution is -2.57. The summed E-state index contributed by atoms with van der Waals surface area (Å²) in [7, 11) is 1.53. The largest absolute Gasteiger partial charge is 0.359 e. The topological polar surface area (TPSA) is 129 Å². The van der Waals surface area contributed by atoms with Crippen molar-refractivity contribution < 1.29 is 19.2 Å². The smallest absolute Gasteiger partial charge is 0.321 e. The fourth-order valence-electron chi connectivity index (χ4n) is 2.11. The van der Waals surface area contributed by atoms with E-state index in [1.807, 2.05) is 0 Å². The Labute approximate surface area is 136 Å². The summed E-state index contributed by atoms with van der Waals surface area (Å²) >= 11 is 1.20. The monoisotopic (exact) mass is 339 g/mol. The molecule has 23 heavy (non-hydrogen) atoms. The van der Waals surface area contributed by atoms with Crippen LogP contribution in [0.2, 0.25) is 0 Å². The van der Waals surface area contributed by atoms with Crippen LogP contribution in [0.1, 0.15) is 19.0 Å². The summed E-state index contributed by atoms with van der Waals surface area (Å²) in [6.45, 7) is 1.67. The maximum absolute atomic E-state index is 12.0. The zero-order valence-corrected chi connectivity index (χ0v) is 13.5. The lowest BCUT2D eigenvalue weighted by molar-refractivity contribution is -0.129. The van der Waals surface area contributed by atoms with Crippen molar-refractivity contribution in [2.45, 2.75) is 25.8 Å². The number of nitrogens with zero attached hydrogens (tertiary/aromatic N) is 1. The number of rotatable bonds is 5. The van der Waals surface area contributed by atoms with Crippen LogP contribution in [0.15, 0.2) is 5.38 Å². The molecule has 124 valence electrons. The fraction of sp³-hybridized carbons (Fsp3) is 0.462. The molecule has 1 aromatic rings. The fourth-order valence-corrected chi connectivity index (χ4v) is 2.84. The number of imide groups is 1. The van der Waals surface area contributed by atoms with Crippen LogP contribution in [0.25, 0.3) is 0 Å². The third kappa shape index (κ3) is 4.49. The normalized spacial score (nSPS) is 20.4. The van der Waals surface area contributed by atoms with Crippen molar-refractivity contribution >= 4 is 40.2 Å². The highest BCUT2D eigenvalue weighted by Crippen LogP contribution is 2.18. The number of anilines is 1. The van der Waals surface area contributed by atoms with E-state index >= 15 is 0 Å². The molecule has 0 radical (unpaired) electrons. The Morgan fingerprint density at radius 1 is 1.35 bits per heavy atom. The lowest BCUT2D eigenvalue weighted by Gasteiger charge is -2.28. The van der Waals surface area contributed by atoms with Gasteiger partial charge >= 0.3 is 6.03 Å². The van der Waals surface area contributed by atoms with Gasteiger partial charge in [0.25, 0.3) is 0 Å². The summed E-state index contributed by atoms with van der Waals surface area (Å²) in [5.74, 6) is -1.67. The zero-order valence-electron chi connectivity index (χ0n) is 12.6. The molecular formula is C13H17N5O4S. The van der Waals surface area contributed by atoms with Crippen molar-refractivity contribution in [3.63, 3.8) is 0 Å². The van der Waals surface area contributed by atoms with Gasteiger partial charge in [0.1, 0.15) is 0 Å². The predicted molar refractivity (Wildman–Crippen MR) is 82.8 cm³/mol.